The van der Waals surface area contributed by atoms with E-state index in [0.717, 1.165) is 5.01 Å². The molecule has 0 radical (unpaired) electrons. The Morgan fingerprint density at radius 3 is 2.32 bits per heavy atom. The van der Waals surface area contributed by atoms with Gasteiger partial charge in [0.15, 0.2) is 5.75 Å². The van der Waals surface area contributed by atoms with Gasteiger partial charge in [-0.2, -0.15) is 15.4 Å². The van der Waals surface area contributed by atoms with Crippen molar-refractivity contribution in [2.75, 3.05) is 5.01 Å². The number of rotatable bonds is 4. The number of carbonyl (C=O) groups excluding carboxylic acids is 2. The Morgan fingerprint density at radius 2 is 1.79 bits per heavy atom. The molecule has 1 heterocycles. The number of hydrogen-bond donors (Lipinski definition) is 0. The van der Waals surface area contributed by atoms with Crippen LogP contribution in [0.2, 0.25) is 10.0 Å². The SMILES string of the molecule is N#CC1=NN(c2cc(Cl)c(Oc3ccc([N+](=O)[O-])cc3)c(Cl)c2)C(=O)CC1=O. The van der Waals surface area contributed by atoms with Gasteiger partial charge < -0.3 is 4.74 Å². The Balaban J connectivity index is 1.92. The number of nitrogens with zero attached hydrogens (tertiary/aromatic N) is 4. The lowest BCUT2D eigenvalue weighted by molar-refractivity contribution is -0.384. The van der Waals surface area contributed by atoms with Crippen LogP contribution < -0.4 is 9.75 Å². The number of ether oxygens (including phenoxy) is 1. The van der Waals surface area contributed by atoms with Gasteiger partial charge in [-0.05, 0) is 24.3 Å². The molecule has 0 saturated carbocycles. The van der Waals surface area contributed by atoms with Gasteiger partial charge in [-0.1, -0.05) is 23.2 Å². The third-order valence-electron chi connectivity index (χ3n) is 3.61. The van der Waals surface area contributed by atoms with Crippen LogP contribution in [0, 0.1) is 21.4 Å². The second-order valence-electron chi connectivity index (χ2n) is 5.46. The first-order valence-electron chi connectivity index (χ1n) is 7.56. The van der Waals surface area contributed by atoms with Gasteiger partial charge in [0.2, 0.25) is 11.5 Å². The number of nitriles is 1. The van der Waals surface area contributed by atoms with E-state index in [0.29, 0.717) is 0 Å². The first-order valence-corrected chi connectivity index (χ1v) is 8.32. The van der Waals surface area contributed by atoms with E-state index in [1.807, 2.05) is 0 Å². The highest BCUT2D eigenvalue weighted by atomic mass is 35.5. The number of Topliss-reactive ketones (excluding diaryl/α,β-unsaturated/α-hetero) is 1. The Kier molecular flexibility index (Phi) is 5.26. The molecule has 0 spiro atoms. The lowest BCUT2D eigenvalue weighted by Gasteiger charge is -2.21. The molecule has 1 aliphatic heterocycles. The number of hydrogen-bond acceptors (Lipinski definition) is 7. The van der Waals surface area contributed by atoms with Crippen LogP contribution in [-0.4, -0.2) is 22.3 Å². The number of halogens is 2. The molecule has 0 fully saturated rings. The lowest BCUT2D eigenvalue weighted by atomic mass is 10.1. The quantitative estimate of drug-likeness (QED) is 0.421. The summed E-state index contributed by atoms with van der Waals surface area (Å²) in [6.07, 6.45) is -0.497. The zero-order chi connectivity index (χ0) is 20.4. The fourth-order valence-corrected chi connectivity index (χ4v) is 2.87. The van der Waals surface area contributed by atoms with Crippen molar-refractivity contribution in [2.45, 2.75) is 6.42 Å². The maximum Gasteiger partial charge on any atom is 0.269 e. The monoisotopic (exact) mass is 418 g/mol. The molecule has 0 aromatic heterocycles. The zero-order valence-corrected chi connectivity index (χ0v) is 15.3. The number of hydrazone groups is 1. The molecule has 11 heteroatoms. The third kappa shape index (κ3) is 3.78. The van der Waals surface area contributed by atoms with Crippen LogP contribution in [0.3, 0.4) is 0 Å². The topological polar surface area (TPSA) is 126 Å². The van der Waals surface area contributed by atoms with Crippen molar-refractivity contribution in [3.8, 4) is 17.6 Å². The minimum Gasteiger partial charge on any atom is -0.454 e. The van der Waals surface area contributed by atoms with Crippen LogP contribution in [0.25, 0.3) is 0 Å². The molecular formula is C17H8Cl2N4O5. The molecule has 0 bridgehead atoms. The Hall–Kier alpha value is -3.48. The summed E-state index contributed by atoms with van der Waals surface area (Å²) in [5.41, 5.74) is -0.362. The van der Waals surface area contributed by atoms with Gasteiger partial charge in [-0.3, -0.25) is 19.7 Å². The number of nitro benzene ring substituents is 1. The number of amides is 1. The average molecular weight is 419 g/mol. The Labute approximate surface area is 167 Å². The second kappa shape index (κ2) is 7.64. The summed E-state index contributed by atoms with van der Waals surface area (Å²) in [6, 6.07) is 9.56. The van der Waals surface area contributed by atoms with Crippen LogP contribution in [0.1, 0.15) is 6.42 Å². The highest BCUT2D eigenvalue weighted by Crippen LogP contribution is 2.40. The molecule has 0 aliphatic carbocycles. The molecule has 2 aromatic rings. The molecule has 3 rings (SSSR count). The highest BCUT2D eigenvalue weighted by molar-refractivity contribution is 6.50. The molecule has 0 N–H and O–H groups in total. The summed E-state index contributed by atoms with van der Waals surface area (Å²) in [7, 11) is 0. The van der Waals surface area contributed by atoms with Crippen molar-refractivity contribution in [3.05, 3.63) is 56.6 Å². The van der Waals surface area contributed by atoms with Crippen LogP contribution in [0.4, 0.5) is 11.4 Å². The molecular weight excluding hydrogens is 411 g/mol. The van der Waals surface area contributed by atoms with Gasteiger partial charge >= 0.3 is 0 Å². The molecule has 9 nitrogen and oxygen atoms in total. The van der Waals surface area contributed by atoms with Crippen LogP contribution in [-0.2, 0) is 9.59 Å². The number of ketones is 1. The summed E-state index contributed by atoms with van der Waals surface area (Å²) >= 11 is 12.4. The maximum absolute atomic E-state index is 12.1. The fourth-order valence-electron chi connectivity index (χ4n) is 2.31. The van der Waals surface area contributed by atoms with E-state index in [1.165, 1.54) is 36.4 Å². The van der Waals surface area contributed by atoms with Crippen molar-refractivity contribution >= 4 is 52.0 Å². The van der Waals surface area contributed by atoms with Gasteiger partial charge in [0.1, 0.15) is 11.8 Å². The van der Waals surface area contributed by atoms with Crippen molar-refractivity contribution in [1.82, 2.24) is 0 Å². The largest absolute Gasteiger partial charge is 0.454 e. The van der Waals surface area contributed by atoms with E-state index in [1.54, 1.807) is 6.07 Å². The van der Waals surface area contributed by atoms with Crippen molar-refractivity contribution in [2.24, 2.45) is 5.10 Å². The van der Waals surface area contributed by atoms with Gasteiger partial charge in [0.05, 0.1) is 27.1 Å². The van der Waals surface area contributed by atoms with Crippen LogP contribution >= 0.6 is 23.2 Å². The molecule has 140 valence electrons. The van der Waals surface area contributed by atoms with Gasteiger partial charge in [-0.15, -0.1) is 0 Å². The number of carbonyl (C=O) groups is 2. The van der Waals surface area contributed by atoms with E-state index < -0.39 is 28.7 Å². The first-order chi connectivity index (χ1) is 13.3. The van der Waals surface area contributed by atoms with Gasteiger partial charge in [-0.25, -0.2) is 0 Å². The summed E-state index contributed by atoms with van der Waals surface area (Å²) in [6.45, 7) is 0. The zero-order valence-electron chi connectivity index (χ0n) is 13.8. The van der Waals surface area contributed by atoms with E-state index in [2.05, 4.69) is 5.10 Å². The van der Waals surface area contributed by atoms with Gasteiger partial charge in [0, 0.05) is 12.1 Å². The first kappa shape index (κ1) is 19.3. The summed E-state index contributed by atoms with van der Waals surface area (Å²) < 4.78 is 5.57. The normalized spacial score (nSPS) is 13.8. The molecule has 28 heavy (non-hydrogen) atoms. The number of nitro groups is 1. The molecule has 1 aliphatic rings. The van der Waals surface area contributed by atoms with Crippen molar-refractivity contribution in [3.63, 3.8) is 0 Å². The average Bonchev–Trinajstić information content (AvgIpc) is 2.65. The smallest absolute Gasteiger partial charge is 0.269 e. The minimum absolute atomic E-state index is 0.0271. The highest BCUT2D eigenvalue weighted by Gasteiger charge is 2.29. The number of benzene rings is 2. The molecule has 2 aromatic carbocycles. The van der Waals surface area contributed by atoms with Crippen LogP contribution in [0.5, 0.6) is 11.5 Å². The Bertz CT molecular complexity index is 1050. The molecule has 0 saturated heterocycles. The predicted octanol–water partition coefficient (Wildman–Crippen LogP) is 3.88. The van der Waals surface area contributed by atoms with Gasteiger partial charge in [0.25, 0.3) is 11.6 Å². The van der Waals surface area contributed by atoms with E-state index >= 15 is 0 Å². The van der Waals surface area contributed by atoms with E-state index in [-0.39, 0.29) is 32.9 Å². The number of anilines is 1. The summed E-state index contributed by atoms with van der Waals surface area (Å²) in [5.74, 6) is -0.989. The summed E-state index contributed by atoms with van der Waals surface area (Å²) in [4.78, 5) is 33.8. The minimum atomic E-state index is -0.668. The number of non-ortho nitro benzene ring substituents is 1. The lowest BCUT2D eigenvalue weighted by Crippen LogP contribution is -2.36. The van der Waals surface area contributed by atoms with E-state index in [9.17, 15) is 19.7 Å². The van der Waals surface area contributed by atoms with Crippen LogP contribution in [0.15, 0.2) is 41.5 Å². The second-order valence-corrected chi connectivity index (χ2v) is 6.27. The molecule has 1 amide bonds. The summed E-state index contributed by atoms with van der Waals surface area (Å²) in [5, 5.41) is 24.3. The standard InChI is InChI=1S/C17H8Cl2N4O5/c18-12-5-10(22-16(25)7-15(24)14(8-20)21-22)6-13(19)17(12)28-11-3-1-9(2-4-11)23(26)27/h1-6H,7H2. The van der Waals surface area contributed by atoms with Crippen molar-refractivity contribution < 1.29 is 19.2 Å². The Morgan fingerprint density at radius 1 is 1.18 bits per heavy atom. The predicted molar refractivity (Wildman–Crippen MR) is 99.8 cm³/mol. The maximum atomic E-state index is 12.1. The fraction of sp³-hybridized carbons (Fsp3) is 0.0588. The van der Waals surface area contributed by atoms with E-state index in [4.69, 9.17) is 33.2 Å². The van der Waals surface area contributed by atoms with Crippen molar-refractivity contribution in [1.29, 1.82) is 5.26 Å². The third-order valence-corrected chi connectivity index (χ3v) is 4.17. The molecule has 0 atom stereocenters. The molecule has 0 unspecified atom stereocenters.